The Labute approximate surface area is 163 Å². The lowest BCUT2D eigenvalue weighted by molar-refractivity contribution is -0.137. The van der Waals surface area contributed by atoms with E-state index in [1.165, 1.54) is 7.11 Å². The molecule has 0 aromatic heterocycles. The summed E-state index contributed by atoms with van der Waals surface area (Å²) in [6.07, 6.45) is 1.62. The van der Waals surface area contributed by atoms with Gasteiger partial charge in [0.05, 0.1) is 25.2 Å². The highest BCUT2D eigenvalue weighted by atomic mass is 16.6. The highest BCUT2D eigenvalue weighted by Crippen LogP contribution is 2.36. The lowest BCUT2D eigenvalue weighted by Gasteiger charge is -2.11. The summed E-state index contributed by atoms with van der Waals surface area (Å²) in [4.78, 5) is 24.4. The molecule has 0 amide bonds. The van der Waals surface area contributed by atoms with Crippen molar-refractivity contribution in [3.63, 3.8) is 0 Å². The molecule has 6 nitrogen and oxygen atoms in total. The molecule has 0 atom stereocenters. The van der Waals surface area contributed by atoms with E-state index in [-0.39, 0.29) is 23.4 Å². The van der Waals surface area contributed by atoms with E-state index in [1.807, 2.05) is 6.92 Å². The molecule has 3 rings (SSSR count). The molecular weight excluding hydrogens is 360 g/mol. The van der Waals surface area contributed by atoms with Crippen LogP contribution in [0.15, 0.2) is 42.2 Å². The van der Waals surface area contributed by atoms with E-state index in [4.69, 9.17) is 18.9 Å². The van der Waals surface area contributed by atoms with Gasteiger partial charge >= 0.3 is 5.97 Å². The zero-order valence-electron chi connectivity index (χ0n) is 16.3. The number of hydrogen-bond acceptors (Lipinski definition) is 6. The van der Waals surface area contributed by atoms with Gasteiger partial charge in [0.1, 0.15) is 11.5 Å². The highest BCUT2D eigenvalue weighted by Gasteiger charge is 2.28. The Bertz CT molecular complexity index is 942. The van der Waals surface area contributed by atoms with Crippen molar-refractivity contribution in [2.24, 2.45) is 5.92 Å². The fourth-order valence-electron chi connectivity index (χ4n) is 2.66. The van der Waals surface area contributed by atoms with Crippen molar-refractivity contribution in [3.05, 3.63) is 53.3 Å². The average molecular weight is 382 g/mol. The van der Waals surface area contributed by atoms with Gasteiger partial charge in [-0.15, -0.1) is 0 Å². The number of ether oxygens (including phenoxy) is 4. The van der Waals surface area contributed by atoms with Crippen LogP contribution in [0.1, 0.15) is 36.7 Å². The van der Waals surface area contributed by atoms with Crippen molar-refractivity contribution in [2.75, 3.05) is 13.7 Å². The predicted octanol–water partition coefficient (Wildman–Crippen LogP) is 4.27. The molecule has 0 saturated carbocycles. The second-order valence-corrected chi connectivity index (χ2v) is 6.52. The van der Waals surface area contributed by atoms with Gasteiger partial charge in [0, 0.05) is 6.07 Å². The van der Waals surface area contributed by atoms with E-state index in [9.17, 15) is 9.59 Å². The zero-order chi connectivity index (χ0) is 20.3. The molecule has 0 aliphatic carbocycles. The topological polar surface area (TPSA) is 71.1 Å². The fraction of sp³-hybridized carbons (Fsp3) is 0.273. The Morgan fingerprint density at radius 3 is 2.61 bits per heavy atom. The molecule has 1 aliphatic heterocycles. The molecule has 0 N–H and O–H groups in total. The van der Waals surface area contributed by atoms with E-state index in [0.717, 1.165) is 0 Å². The summed E-state index contributed by atoms with van der Waals surface area (Å²) in [7, 11) is 1.49. The molecule has 0 bridgehead atoms. The third kappa shape index (κ3) is 4.01. The van der Waals surface area contributed by atoms with Gasteiger partial charge in [0.25, 0.3) is 0 Å². The number of hydrogen-bond donors (Lipinski definition) is 0. The van der Waals surface area contributed by atoms with Crippen molar-refractivity contribution in [1.82, 2.24) is 0 Å². The Balaban J connectivity index is 1.85. The molecule has 6 heteroatoms. The van der Waals surface area contributed by atoms with Gasteiger partial charge in [0.15, 0.2) is 17.3 Å². The average Bonchev–Trinajstić information content (AvgIpc) is 2.98. The molecule has 0 saturated heterocycles. The highest BCUT2D eigenvalue weighted by molar-refractivity contribution is 6.14. The van der Waals surface area contributed by atoms with Gasteiger partial charge in [0.2, 0.25) is 5.78 Å². The maximum Gasteiger partial charge on any atom is 0.313 e. The SMILES string of the molecule is CCOc1ccc2c(c1)O/C(=C\c1ccc(OC(=O)C(C)C)c(OC)c1)C2=O. The van der Waals surface area contributed by atoms with Gasteiger partial charge in [-0.2, -0.15) is 0 Å². The van der Waals surface area contributed by atoms with Crippen LogP contribution >= 0.6 is 0 Å². The van der Waals surface area contributed by atoms with Crippen molar-refractivity contribution in [3.8, 4) is 23.0 Å². The first-order chi connectivity index (χ1) is 13.4. The van der Waals surface area contributed by atoms with Gasteiger partial charge < -0.3 is 18.9 Å². The Morgan fingerprint density at radius 2 is 1.93 bits per heavy atom. The third-order valence-corrected chi connectivity index (χ3v) is 4.12. The van der Waals surface area contributed by atoms with Crippen molar-refractivity contribution in [2.45, 2.75) is 20.8 Å². The fourth-order valence-corrected chi connectivity index (χ4v) is 2.66. The quantitative estimate of drug-likeness (QED) is 0.422. The van der Waals surface area contributed by atoms with E-state index in [0.29, 0.717) is 40.7 Å². The molecular formula is C22H22O6. The van der Waals surface area contributed by atoms with E-state index >= 15 is 0 Å². The standard InChI is InChI=1S/C22H22O6/c1-5-26-15-7-8-16-18(12-15)27-20(21(16)23)11-14-6-9-17(19(10-14)25-4)28-22(24)13(2)3/h6-13H,5H2,1-4H3/b20-11-. The second kappa shape index (κ2) is 8.17. The molecule has 0 unspecified atom stereocenters. The zero-order valence-corrected chi connectivity index (χ0v) is 16.3. The molecule has 0 spiro atoms. The minimum absolute atomic E-state index is 0.202. The van der Waals surface area contributed by atoms with Crippen LogP contribution in [-0.4, -0.2) is 25.5 Å². The van der Waals surface area contributed by atoms with Crippen LogP contribution < -0.4 is 18.9 Å². The second-order valence-electron chi connectivity index (χ2n) is 6.52. The minimum atomic E-state index is -0.348. The summed E-state index contributed by atoms with van der Waals surface area (Å²) in [5.41, 5.74) is 1.17. The molecule has 0 fully saturated rings. The van der Waals surface area contributed by atoms with E-state index in [2.05, 4.69) is 0 Å². The summed E-state index contributed by atoms with van der Waals surface area (Å²) >= 11 is 0. The molecule has 2 aromatic carbocycles. The van der Waals surface area contributed by atoms with Crippen LogP contribution in [0, 0.1) is 5.92 Å². The van der Waals surface area contributed by atoms with Crippen LogP contribution in [0.3, 0.4) is 0 Å². The Kier molecular flexibility index (Phi) is 5.68. The van der Waals surface area contributed by atoms with Crippen LogP contribution in [-0.2, 0) is 4.79 Å². The molecule has 0 radical (unpaired) electrons. The Morgan fingerprint density at radius 1 is 1.14 bits per heavy atom. The molecule has 28 heavy (non-hydrogen) atoms. The molecule has 2 aromatic rings. The van der Waals surface area contributed by atoms with E-state index < -0.39 is 0 Å². The number of carbonyl (C=O) groups is 2. The number of ketones is 1. The normalized spacial score (nSPS) is 14.0. The van der Waals surface area contributed by atoms with Gasteiger partial charge in [-0.25, -0.2) is 0 Å². The van der Waals surface area contributed by atoms with Gasteiger partial charge in [-0.1, -0.05) is 19.9 Å². The van der Waals surface area contributed by atoms with Crippen LogP contribution in [0.2, 0.25) is 0 Å². The van der Waals surface area contributed by atoms with Crippen LogP contribution in [0.25, 0.3) is 6.08 Å². The Hall–Kier alpha value is -3.28. The minimum Gasteiger partial charge on any atom is -0.494 e. The number of allylic oxidation sites excluding steroid dienone is 1. The predicted molar refractivity (Wildman–Crippen MR) is 104 cm³/mol. The largest absolute Gasteiger partial charge is 0.494 e. The van der Waals surface area contributed by atoms with Gasteiger partial charge in [-0.3, -0.25) is 9.59 Å². The number of benzene rings is 2. The lowest BCUT2D eigenvalue weighted by Crippen LogP contribution is -2.15. The number of carbonyl (C=O) groups excluding carboxylic acids is 2. The summed E-state index contributed by atoms with van der Waals surface area (Å²) < 4.78 is 21.8. The number of rotatable bonds is 6. The maximum atomic E-state index is 12.6. The van der Waals surface area contributed by atoms with Crippen LogP contribution in [0.4, 0.5) is 0 Å². The van der Waals surface area contributed by atoms with Crippen molar-refractivity contribution < 1.29 is 28.5 Å². The summed E-state index contributed by atoms with van der Waals surface area (Å²) in [5.74, 6) is 1.24. The molecule has 1 aliphatic rings. The summed E-state index contributed by atoms with van der Waals surface area (Å²) in [6.45, 7) is 5.93. The van der Waals surface area contributed by atoms with Crippen molar-refractivity contribution in [1.29, 1.82) is 0 Å². The summed E-state index contributed by atoms with van der Waals surface area (Å²) in [5, 5.41) is 0. The van der Waals surface area contributed by atoms with Crippen LogP contribution in [0.5, 0.6) is 23.0 Å². The van der Waals surface area contributed by atoms with Crippen molar-refractivity contribution >= 4 is 17.8 Å². The number of methoxy groups -OCH3 is 1. The maximum absolute atomic E-state index is 12.6. The number of esters is 1. The third-order valence-electron chi connectivity index (χ3n) is 4.12. The number of Topliss-reactive ketones (excluding diaryl/α,β-unsaturated/α-hetero) is 1. The number of fused-ring (bicyclic) bond motifs is 1. The lowest BCUT2D eigenvalue weighted by atomic mass is 10.1. The molecule has 146 valence electrons. The first-order valence-electron chi connectivity index (χ1n) is 9.03. The van der Waals surface area contributed by atoms with E-state index in [1.54, 1.807) is 56.3 Å². The first kappa shape index (κ1) is 19.5. The summed E-state index contributed by atoms with van der Waals surface area (Å²) in [6, 6.07) is 10.2. The van der Waals surface area contributed by atoms with Gasteiger partial charge in [-0.05, 0) is 42.8 Å². The first-order valence-corrected chi connectivity index (χ1v) is 9.03. The molecule has 1 heterocycles. The smallest absolute Gasteiger partial charge is 0.313 e. The monoisotopic (exact) mass is 382 g/mol.